The maximum Gasteiger partial charge on any atom is 0.416 e. The van der Waals surface area contributed by atoms with E-state index >= 15 is 0 Å². The van der Waals surface area contributed by atoms with Crippen LogP contribution in [0.25, 0.3) is 0 Å². The molecule has 1 unspecified atom stereocenters. The number of carbonyl (C=O) groups is 1. The van der Waals surface area contributed by atoms with Crippen molar-refractivity contribution in [3.05, 3.63) is 29.3 Å². The second-order valence-corrected chi connectivity index (χ2v) is 3.84. The third-order valence-corrected chi connectivity index (χ3v) is 2.33. The third-order valence-electron chi connectivity index (χ3n) is 2.33. The van der Waals surface area contributed by atoms with E-state index in [4.69, 9.17) is 10.8 Å². The lowest BCUT2D eigenvalue weighted by Gasteiger charge is -2.15. The first-order valence-corrected chi connectivity index (χ1v) is 5.11. The first kappa shape index (κ1) is 14.3. The Kier molecular flexibility index (Phi) is 4.18. The van der Waals surface area contributed by atoms with Crippen LogP contribution in [0.1, 0.15) is 15.9 Å². The maximum atomic E-state index is 12.0. The van der Waals surface area contributed by atoms with Crippen LogP contribution in [-0.4, -0.2) is 29.8 Å². The Labute approximate surface area is 102 Å². The molecule has 1 aromatic rings. The van der Waals surface area contributed by atoms with Crippen molar-refractivity contribution in [2.45, 2.75) is 19.2 Å². The molecule has 1 amide bonds. The number of halogens is 3. The molecule has 18 heavy (non-hydrogen) atoms. The van der Waals surface area contributed by atoms with Crippen molar-refractivity contribution in [1.82, 2.24) is 5.32 Å². The van der Waals surface area contributed by atoms with Gasteiger partial charge in [-0.15, -0.1) is 0 Å². The normalized spacial score (nSPS) is 13.2. The van der Waals surface area contributed by atoms with Gasteiger partial charge >= 0.3 is 6.18 Å². The summed E-state index contributed by atoms with van der Waals surface area (Å²) in [6.45, 7) is 0.734. The van der Waals surface area contributed by atoms with Gasteiger partial charge in [0.25, 0.3) is 5.91 Å². The van der Waals surface area contributed by atoms with E-state index in [1.54, 1.807) is 6.92 Å². The minimum atomic E-state index is -4.75. The van der Waals surface area contributed by atoms with Crippen LogP contribution in [0.5, 0.6) is 0 Å². The van der Waals surface area contributed by atoms with Crippen molar-refractivity contribution < 1.29 is 23.1 Å². The van der Waals surface area contributed by atoms with Gasteiger partial charge in [-0.3, -0.25) is 4.79 Å². The second-order valence-electron chi connectivity index (χ2n) is 3.84. The smallest absolute Gasteiger partial charge is 0.399 e. The molecule has 1 atom stereocenters. The highest BCUT2D eigenvalue weighted by Gasteiger charge is 2.38. The predicted octanol–water partition coefficient (Wildman–Crippen LogP) is 1.23. The third kappa shape index (κ3) is 3.63. The topological polar surface area (TPSA) is 75.4 Å². The van der Waals surface area contributed by atoms with Gasteiger partial charge in [0.15, 0.2) is 6.10 Å². The molecule has 7 heteroatoms. The molecule has 0 aliphatic heterocycles. The fourth-order valence-corrected chi connectivity index (χ4v) is 1.34. The molecule has 0 fully saturated rings. The van der Waals surface area contributed by atoms with E-state index in [1.807, 2.05) is 5.32 Å². The lowest BCUT2D eigenvalue weighted by atomic mass is 10.1. The van der Waals surface area contributed by atoms with E-state index in [0.717, 1.165) is 0 Å². The summed E-state index contributed by atoms with van der Waals surface area (Å²) in [6.07, 6.45) is -7.32. The Morgan fingerprint density at radius 1 is 1.50 bits per heavy atom. The van der Waals surface area contributed by atoms with Crippen LogP contribution >= 0.6 is 0 Å². The lowest BCUT2D eigenvalue weighted by molar-refractivity contribution is -0.201. The van der Waals surface area contributed by atoms with Crippen LogP contribution in [0.3, 0.4) is 0 Å². The highest BCUT2D eigenvalue weighted by molar-refractivity contribution is 5.96. The van der Waals surface area contributed by atoms with Gasteiger partial charge in [0, 0.05) is 11.3 Å². The highest BCUT2D eigenvalue weighted by atomic mass is 19.4. The standard InChI is InChI=1S/C11H13F3N2O2/c1-6-4-7(15)2-3-8(6)10(18)16-5-9(17)11(12,13)14/h2-4,9,17H,5,15H2,1H3,(H,16,18). The average molecular weight is 262 g/mol. The molecule has 1 rings (SSSR count). The second kappa shape index (κ2) is 5.26. The number of rotatable bonds is 3. The number of anilines is 1. The SMILES string of the molecule is Cc1cc(N)ccc1C(=O)NCC(O)C(F)(F)F. The molecule has 0 aliphatic carbocycles. The van der Waals surface area contributed by atoms with Gasteiger partial charge in [0.05, 0.1) is 6.54 Å². The molecule has 0 radical (unpaired) electrons. The van der Waals surface area contributed by atoms with Crippen LogP contribution in [0.15, 0.2) is 18.2 Å². The molecule has 0 saturated heterocycles. The Hall–Kier alpha value is -1.76. The zero-order valence-corrected chi connectivity index (χ0v) is 9.58. The van der Waals surface area contributed by atoms with Crippen molar-refractivity contribution in [2.75, 3.05) is 12.3 Å². The Balaban J connectivity index is 2.66. The van der Waals surface area contributed by atoms with Gasteiger partial charge in [-0.05, 0) is 30.7 Å². The number of benzene rings is 1. The fraction of sp³-hybridized carbons (Fsp3) is 0.364. The number of nitrogen functional groups attached to an aromatic ring is 1. The monoisotopic (exact) mass is 262 g/mol. The predicted molar refractivity (Wildman–Crippen MR) is 60.0 cm³/mol. The van der Waals surface area contributed by atoms with Crippen LogP contribution in [0, 0.1) is 6.92 Å². The molecule has 1 aromatic carbocycles. The summed E-state index contributed by atoms with van der Waals surface area (Å²) >= 11 is 0. The Morgan fingerprint density at radius 2 is 2.11 bits per heavy atom. The zero-order valence-electron chi connectivity index (χ0n) is 9.58. The molecule has 0 aliphatic rings. The number of aryl methyl sites for hydroxylation is 1. The van der Waals surface area contributed by atoms with Crippen LogP contribution in [0.4, 0.5) is 18.9 Å². The molecule has 100 valence electrons. The summed E-state index contributed by atoms with van der Waals surface area (Å²) in [5, 5.41) is 10.8. The number of aliphatic hydroxyl groups is 1. The summed E-state index contributed by atoms with van der Waals surface area (Å²) < 4.78 is 36.0. The maximum absolute atomic E-state index is 12.0. The van der Waals surface area contributed by atoms with Crippen LogP contribution in [0.2, 0.25) is 0 Å². The lowest BCUT2D eigenvalue weighted by Crippen LogP contribution is -2.40. The molecule has 0 spiro atoms. The van der Waals surface area contributed by atoms with Gasteiger partial charge < -0.3 is 16.2 Å². The van der Waals surface area contributed by atoms with Crippen molar-refractivity contribution in [2.24, 2.45) is 0 Å². The molecule has 4 N–H and O–H groups in total. The van der Waals surface area contributed by atoms with Gasteiger partial charge in [-0.1, -0.05) is 0 Å². The number of nitrogens with two attached hydrogens (primary N) is 1. The average Bonchev–Trinajstić information content (AvgIpc) is 2.24. The van der Waals surface area contributed by atoms with Gasteiger partial charge in [-0.2, -0.15) is 13.2 Å². The number of alkyl halides is 3. The van der Waals surface area contributed by atoms with E-state index < -0.39 is 24.7 Å². The summed E-state index contributed by atoms with van der Waals surface area (Å²) in [4.78, 5) is 11.6. The van der Waals surface area contributed by atoms with Crippen molar-refractivity contribution in [3.8, 4) is 0 Å². The van der Waals surface area contributed by atoms with E-state index in [0.29, 0.717) is 11.3 Å². The van der Waals surface area contributed by atoms with E-state index in [1.165, 1.54) is 18.2 Å². The molecular formula is C11H13F3N2O2. The van der Waals surface area contributed by atoms with E-state index in [9.17, 15) is 18.0 Å². The largest absolute Gasteiger partial charge is 0.416 e. The number of amides is 1. The van der Waals surface area contributed by atoms with Gasteiger partial charge in [0.2, 0.25) is 0 Å². The summed E-state index contributed by atoms with van der Waals surface area (Å²) in [5.41, 5.74) is 6.72. The first-order chi connectivity index (χ1) is 8.21. The van der Waals surface area contributed by atoms with Crippen molar-refractivity contribution in [3.63, 3.8) is 0 Å². The molecule has 0 heterocycles. The molecule has 4 nitrogen and oxygen atoms in total. The van der Waals surface area contributed by atoms with Gasteiger partial charge in [0.1, 0.15) is 0 Å². The quantitative estimate of drug-likeness (QED) is 0.717. The van der Waals surface area contributed by atoms with Crippen molar-refractivity contribution >= 4 is 11.6 Å². The minimum Gasteiger partial charge on any atom is -0.399 e. The summed E-state index contributed by atoms with van der Waals surface area (Å²) in [6, 6.07) is 4.43. The highest BCUT2D eigenvalue weighted by Crippen LogP contribution is 2.19. The van der Waals surface area contributed by atoms with E-state index in [2.05, 4.69) is 0 Å². The molecule has 0 saturated carbocycles. The van der Waals surface area contributed by atoms with Crippen LogP contribution in [-0.2, 0) is 0 Å². The van der Waals surface area contributed by atoms with E-state index in [-0.39, 0.29) is 5.56 Å². The first-order valence-electron chi connectivity index (χ1n) is 5.11. The van der Waals surface area contributed by atoms with Gasteiger partial charge in [-0.25, -0.2) is 0 Å². The number of hydrogen-bond acceptors (Lipinski definition) is 3. The number of hydrogen-bond donors (Lipinski definition) is 3. The van der Waals surface area contributed by atoms with Crippen molar-refractivity contribution in [1.29, 1.82) is 0 Å². The summed E-state index contributed by atoms with van der Waals surface area (Å²) in [7, 11) is 0. The van der Waals surface area contributed by atoms with Crippen LogP contribution < -0.4 is 11.1 Å². The zero-order chi connectivity index (χ0) is 13.9. The summed E-state index contributed by atoms with van der Waals surface area (Å²) in [5.74, 6) is -0.684. The fourth-order valence-electron chi connectivity index (χ4n) is 1.34. The molecule has 0 bridgehead atoms. The minimum absolute atomic E-state index is 0.221. The Morgan fingerprint density at radius 3 is 2.61 bits per heavy atom. The number of nitrogens with one attached hydrogen (secondary N) is 1. The molecule has 0 aromatic heterocycles. The Bertz CT molecular complexity index is 446. The number of carbonyl (C=O) groups excluding carboxylic acids is 1. The number of aliphatic hydroxyl groups excluding tert-OH is 1. The molecular weight excluding hydrogens is 249 g/mol.